The summed E-state index contributed by atoms with van der Waals surface area (Å²) in [6, 6.07) is 11.8. The van der Waals surface area contributed by atoms with Crippen molar-refractivity contribution >= 4 is 11.6 Å². The fourth-order valence-electron chi connectivity index (χ4n) is 4.82. The van der Waals surface area contributed by atoms with Gasteiger partial charge in [-0.2, -0.15) is 0 Å². The molecule has 4 atom stereocenters. The molecule has 0 radical (unpaired) electrons. The van der Waals surface area contributed by atoms with Crippen LogP contribution in [-0.4, -0.2) is 56.1 Å². The topological polar surface area (TPSA) is 98.5 Å². The van der Waals surface area contributed by atoms with E-state index < -0.39 is 5.79 Å². The third-order valence-corrected chi connectivity index (χ3v) is 6.32. The van der Waals surface area contributed by atoms with Gasteiger partial charge in [0.05, 0.1) is 17.7 Å². The second kappa shape index (κ2) is 8.70. The van der Waals surface area contributed by atoms with E-state index in [0.717, 1.165) is 5.56 Å². The van der Waals surface area contributed by atoms with Crippen LogP contribution in [0.25, 0.3) is 0 Å². The van der Waals surface area contributed by atoms with Gasteiger partial charge in [-0.1, -0.05) is 30.3 Å². The molecule has 2 N–H and O–H groups in total. The van der Waals surface area contributed by atoms with Gasteiger partial charge < -0.3 is 24.5 Å². The molecule has 2 fully saturated rings. The van der Waals surface area contributed by atoms with Gasteiger partial charge in [-0.05, 0) is 31.9 Å². The van der Waals surface area contributed by atoms with Crippen LogP contribution in [0.5, 0.6) is 0 Å². The summed E-state index contributed by atoms with van der Waals surface area (Å²) in [7, 11) is 0. The molecule has 1 saturated heterocycles. The third kappa shape index (κ3) is 4.42. The second-order valence-electron chi connectivity index (χ2n) is 9.17. The smallest absolute Gasteiger partial charge is 0.199 e. The van der Waals surface area contributed by atoms with Gasteiger partial charge in [0.2, 0.25) is 0 Å². The minimum atomic E-state index is -0.713. The summed E-state index contributed by atoms with van der Waals surface area (Å²) in [6.45, 7) is 4.45. The fraction of sp³-hybridized carbons (Fsp3) is 0.400. The average molecular weight is 449 g/mol. The Morgan fingerprint density at radius 3 is 2.79 bits per heavy atom. The van der Waals surface area contributed by atoms with Crippen molar-refractivity contribution in [3.63, 3.8) is 0 Å². The third-order valence-electron chi connectivity index (χ3n) is 6.32. The Bertz CT molecular complexity index is 1130. The Labute approximate surface area is 192 Å². The number of anilines is 1. The van der Waals surface area contributed by atoms with Gasteiger partial charge in [0.1, 0.15) is 18.2 Å². The number of carbonyl (C=O) groups is 1. The number of ketones is 1. The SMILES string of the molecule is CC1(C)O[C@@H]2[C@H](O1)C(CO)C[C@H]2Nc1ncncc1C(=O)c1ccn(Cc2ccccc2)c1. The molecule has 172 valence electrons. The lowest BCUT2D eigenvalue weighted by Crippen LogP contribution is -2.35. The minimum absolute atomic E-state index is 0.0171. The number of fused-ring (bicyclic) bond motifs is 1. The van der Waals surface area contributed by atoms with Crippen molar-refractivity contribution in [1.29, 1.82) is 0 Å². The first kappa shape index (κ1) is 21.8. The summed E-state index contributed by atoms with van der Waals surface area (Å²) >= 11 is 0. The van der Waals surface area contributed by atoms with Crippen LogP contribution in [0, 0.1) is 5.92 Å². The van der Waals surface area contributed by atoms with Crippen molar-refractivity contribution < 1.29 is 19.4 Å². The van der Waals surface area contributed by atoms with Gasteiger partial charge in [0, 0.05) is 43.2 Å². The molecule has 33 heavy (non-hydrogen) atoms. The quantitative estimate of drug-likeness (QED) is 0.536. The molecule has 3 aromatic rings. The van der Waals surface area contributed by atoms with Crippen molar-refractivity contribution in [1.82, 2.24) is 14.5 Å². The molecule has 2 aromatic heterocycles. The van der Waals surface area contributed by atoms with Crippen molar-refractivity contribution in [2.45, 2.75) is 50.8 Å². The van der Waals surface area contributed by atoms with Crippen molar-refractivity contribution in [3.05, 3.63) is 78.0 Å². The molecule has 0 amide bonds. The lowest BCUT2D eigenvalue weighted by molar-refractivity contribution is -0.158. The molecule has 8 heteroatoms. The van der Waals surface area contributed by atoms with E-state index in [1.807, 2.05) is 55.1 Å². The largest absolute Gasteiger partial charge is 0.396 e. The van der Waals surface area contributed by atoms with E-state index in [4.69, 9.17) is 9.47 Å². The second-order valence-corrected chi connectivity index (χ2v) is 9.17. The van der Waals surface area contributed by atoms with E-state index in [-0.39, 0.29) is 36.6 Å². The summed E-state index contributed by atoms with van der Waals surface area (Å²) in [4.78, 5) is 21.8. The van der Waals surface area contributed by atoms with Crippen molar-refractivity contribution in [2.24, 2.45) is 5.92 Å². The molecular weight excluding hydrogens is 420 g/mol. The van der Waals surface area contributed by atoms with Gasteiger partial charge in [-0.3, -0.25) is 4.79 Å². The van der Waals surface area contributed by atoms with Crippen LogP contribution in [0.15, 0.2) is 61.3 Å². The van der Waals surface area contributed by atoms with Gasteiger partial charge in [0.15, 0.2) is 11.6 Å². The highest BCUT2D eigenvalue weighted by Crippen LogP contribution is 2.42. The van der Waals surface area contributed by atoms with E-state index in [0.29, 0.717) is 29.9 Å². The molecule has 1 aliphatic carbocycles. The van der Waals surface area contributed by atoms with E-state index in [2.05, 4.69) is 27.4 Å². The molecule has 3 heterocycles. The molecule has 8 nitrogen and oxygen atoms in total. The molecule has 0 bridgehead atoms. The van der Waals surface area contributed by atoms with E-state index in [1.54, 1.807) is 0 Å². The van der Waals surface area contributed by atoms with E-state index in [1.165, 1.54) is 12.5 Å². The Morgan fingerprint density at radius 1 is 1.21 bits per heavy atom. The monoisotopic (exact) mass is 448 g/mol. The number of nitrogens with one attached hydrogen (secondary N) is 1. The van der Waals surface area contributed by atoms with Gasteiger partial charge in [0.25, 0.3) is 0 Å². The highest BCUT2D eigenvalue weighted by atomic mass is 16.8. The fourth-order valence-corrected chi connectivity index (χ4v) is 4.82. The summed E-state index contributed by atoms with van der Waals surface area (Å²) in [6.07, 6.45) is 6.93. The summed E-state index contributed by atoms with van der Waals surface area (Å²) in [5, 5.41) is 13.2. The lowest BCUT2D eigenvalue weighted by Gasteiger charge is -2.24. The van der Waals surface area contributed by atoms with Crippen LogP contribution < -0.4 is 5.32 Å². The van der Waals surface area contributed by atoms with Crippen LogP contribution in [0.3, 0.4) is 0 Å². The zero-order chi connectivity index (χ0) is 23.0. The van der Waals surface area contributed by atoms with Crippen LogP contribution in [0.1, 0.15) is 41.8 Å². The molecule has 1 unspecified atom stereocenters. The maximum atomic E-state index is 13.3. The molecule has 1 saturated carbocycles. The molecule has 0 spiro atoms. The summed E-state index contributed by atoms with van der Waals surface area (Å²) in [5.41, 5.74) is 2.13. The highest BCUT2D eigenvalue weighted by molar-refractivity contribution is 6.11. The van der Waals surface area contributed by atoms with Crippen LogP contribution in [-0.2, 0) is 16.0 Å². The first-order chi connectivity index (χ1) is 15.9. The average Bonchev–Trinajstić information content (AvgIpc) is 3.48. The van der Waals surface area contributed by atoms with Crippen molar-refractivity contribution in [3.8, 4) is 0 Å². The predicted octanol–water partition coefficient (Wildman–Crippen LogP) is 2.87. The Hall–Kier alpha value is -3.07. The predicted molar refractivity (Wildman–Crippen MR) is 122 cm³/mol. The minimum Gasteiger partial charge on any atom is -0.396 e. The first-order valence-corrected chi connectivity index (χ1v) is 11.2. The zero-order valence-electron chi connectivity index (χ0n) is 18.7. The number of benzene rings is 1. The number of nitrogens with zero attached hydrogens (tertiary/aromatic N) is 3. The van der Waals surface area contributed by atoms with Gasteiger partial charge in [-0.15, -0.1) is 0 Å². The standard InChI is InChI=1S/C25H28N4O4/c1-25(2)32-22-18(14-30)10-20(23(22)33-25)28-24-19(11-26-15-27-24)21(31)17-8-9-29(13-17)12-16-6-4-3-5-7-16/h3-9,11,13,15,18,20,22-23,30H,10,12,14H2,1-2H3,(H,26,27,28)/t18?,20-,22-,23+/m1/s1. The Balaban J connectivity index is 1.35. The number of carbonyl (C=O) groups excluding carboxylic acids is 1. The molecule has 1 aromatic carbocycles. The first-order valence-electron chi connectivity index (χ1n) is 11.2. The number of hydrogen-bond acceptors (Lipinski definition) is 7. The maximum absolute atomic E-state index is 13.3. The Morgan fingerprint density at radius 2 is 2.00 bits per heavy atom. The number of aliphatic hydroxyl groups excluding tert-OH is 1. The molecule has 1 aliphatic heterocycles. The number of aromatic nitrogens is 3. The van der Waals surface area contributed by atoms with Gasteiger partial charge >= 0.3 is 0 Å². The molecular formula is C25H28N4O4. The van der Waals surface area contributed by atoms with Crippen molar-refractivity contribution in [2.75, 3.05) is 11.9 Å². The lowest BCUT2D eigenvalue weighted by atomic mass is 10.1. The van der Waals surface area contributed by atoms with E-state index >= 15 is 0 Å². The van der Waals surface area contributed by atoms with Crippen LogP contribution >= 0.6 is 0 Å². The van der Waals surface area contributed by atoms with Crippen LogP contribution in [0.2, 0.25) is 0 Å². The molecule has 2 aliphatic rings. The highest BCUT2D eigenvalue weighted by Gasteiger charge is 2.53. The summed E-state index contributed by atoms with van der Waals surface area (Å²) < 4.78 is 14.1. The zero-order valence-corrected chi connectivity index (χ0v) is 18.7. The molecule has 5 rings (SSSR count). The Kier molecular flexibility index (Phi) is 5.74. The number of aliphatic hydroxyl groups is 1. The van der Waals surface area contributed by atoms with Crippen LogP contribution in [0.4, 0.5) is 5.82 Å². The maximum Gasteiger partial charge on any atom is 0.199 e. The number of ether oxygens (including phenoxy) is 2. The number of hydrogen-bond donors (Lipinski definition) is 2. The van der Waals surface area contributed by atoms with Gasteiger partial charge in [-0.25, -0.2) is 9.97 Å². The van der Waals surface area contributed by atoms with E-state index in [9.17, 15) is 9.90 Å². The number of rotatable bonds is 7. The normalized spacial score (nSPS) is 25.7. The summed E-state index contributed by atoms with van der Waals surface area (Å²) in [5.74, 6) is -0.444.